The lowest BCUT2D eigenvalue weighted by Crippen LogP contribution is -2.07. The van der Waals surface area contributed by atoms with E-state index in [9.17, 15) is 4.79 Å². The van der Waals surface area contributed by atoms with Gasteiger partial charge in [0.15, 0.2) is 11.9 Å². The maximum absolute atomic E-state index is 12.1. The predicted molar refractivity (Wildman–Crippen MR) is 69.8 cm³/mol. The molecule has 2 atom stereocenters. The highest BCUT2D eigenvalue weighted by molar-refractivity contribution is 6.30. The molecule has 18 heavy (non-hydrogen) atoms. The standard InChI is InChI=1S/C15H11ClO2/c16-12-8-4-7-11(9-12)14-15(18-14)13(17)10-5-2-1-3-6-10/h1-9,14-15H. The summed E-state index contributed by atoms with van der Waals surface area (Å²) in [5.74, 6) is 0.0283. The largest absolute Gasteiger partial charge is 0.356 e. The molecular weight excluding hydrogens is 248 g/mol. The number of epoxide rings is 1. The molecule has 0 bridgehead atoms. The first-order valence-corrected chi connectivity index (χ1v) is 6.14. The van der Waals surface area contributed by atoms with E-state index in [2.05, 4.69) is 0 Å². The monoisotopic (exact) mass is 258 g/mol. The number of carbonyl (C=O) groups excluding carboxylic acids is 1. The van der Waals surface area contributed by atoms with Gasteiger partial charge in [0, 0.05) is 10.6 Å². The summed E-state index contributed by atoms with van der Waals surface area (Å²) in [5.41, 5.74) is 1.64. The third kappa shape index (κ3) is 2.17. The van der Waals surface area contributed by atoms with Gasteiger partial charge in [-0.15, -0.1) is 0 Å². The minimum Gasteiger partial charge on any atom is -0.356 e. The van der Waals surface area contributed by atoms with E-state index in [1.54, 1.807) is 12.1 Å². The lowest BCUT2D eigenvalue weighted by molar-refractivity contribution is 0.0953. The third-order valence-electron chi connectivity index (χ3n) is 2.99. The molecule has 1 aliphatic rings. The van der Waals surface area contributed by atoms with Gasteiger partial charge in [0.25, 0.3) is 0 Å². The van der Waals surface area contributed by atoms with Crippen molar-refractivity contribution in [3.63, 3.8) is 0 Å². The highest BCUT2D eigenvalue weighted by Gasteiger charge is 2.46. The van der Waals surface area contributed by atoms with Crippen molar-refractivity contribution in [2.75, 3.05) is 0 Å². The number of ketones is 1. The first-order valence-electron chi connectivity index (χ1n) is 5.76. The van der Waals surface area contributed by atoms with Crippen LogP contribution in [-0.4, -0.2) is 11.9 Å². The molecule has 2 aromatic rings. The van der Waals surface area contributed by atoms with E-state index in [0.29, 0.717) is 10.6 Å². The van der Waals surface area contributed by atoms with Crippen LogP contribution in [0, 0.1) is 0 Å². The van der Waals surface area contributed by atoms with Gasteiger partial charge in [0.05, 0.1) is 0 Å². The molecule has 1 heterocycles. The van der Waals surface area contributed by atoms with Crippen molar-refractivity contribution >= 4 is 17.4 Å². The summed E-state index contributed by atoms with van der Waals surface area (Å²) in [6.07, 6.45) is -0.526. The topological polar surface area (TPSA) is 29.6 Å². The van der Waals surface area contributed by atoms with E-state index in [-0.39, 0.29) is 18.0 Å². The normalized spacial score (nSPS) is 21.6. The summed E-state index contributed by atoms with van der Waals surface area (Å²) in [6, 6.07) is 16.6. The third-order valence-corrected chi connectivity index (χ3v) is 3.22. The maximum atomic E-state index is 12.1. The Morgan fingerprint density at radius 2 is 1.83 bits per heavy atom. The van der Waals surface area contributed by atoms with Crippen molar-refractivity contribution in [2.45, 2.75) is 12.2 Å². The molecule has 2 nitrogen and oxygen atoms in total. The van der Waals surface area contributed by atoms with Crippen molar-refractivity contribution in [1.29, 1.82) is 0 Å². The van der Waals surface area contributed by atoms with Crippen molar-refractivity contribution in [3.05, 3.63) is 70.7 Å². The number of carbonyl (C=O) groups is 1. The quantitative estimate of drug-likeness (QED) is 0.621. The molecule has 0 radical (unpaired) electrons. The van der Waals surface area contributed by atoms with Gasteiger partial charge >= 0.3 is 0 Å². The lowest BCUT2D eigenvalue weighted by Gasteiger charge is -1.98. The van der Waals surface area contributed by atoms with E-state index in [4.69, 9.17) is 16.3 Å². The highest BCUT2D eigenvalue weighted by Crippen LogP contribution is 2.41. The Labute approximate surface area is 110 Å². The van der Waals surface area contributed by atoms with Crippen LogP contribution < -0.4 is 0 Å². The van der Waals surface area contributed by atoms with Crippen LogP contribution in [0.15, 0.2) is 54.6 Å². The second-order valence-corrected chi connectivity index (χ2v) is 4.70. The average Bonchev–Trinajstić information content (AvgIpc) is 3.19. The summed E-state index contributed by atoms with van der Waals surface area (Å²) in [6.45, 7) is 0. The highest BCUT2D eigenvalue weighted by atomic mass is 35.5. The van der Waals surface area contributed by atoms with Gasteiger partial charge in [-0.2, -0.15) is 0 Å². The SMILES string of the molecule is O=C(c1ccccc1)C1OC1c1cccc(Cl)c1. The van der Waals surface area contributed by atoms with E-state index < -0.39 is 0 Å². The first kappa shape index (κ1) is 11.5. The van der Waals surface area contributed by atoms with Crippen molar-refractivity contribution < 1.29 is 9.53 Å². The van der Waals surface area contributed by atoms with E-state index in [1.807, 2.05) is 42.5 Å². The van der Waals surface area contributed by atoms with Gasteiger partial charge in [0.1, 0.15) is 6.10 Å². The molecule has 1 saturated heterocycles. The molecule has 1 fully saturated rings. The number of hydrogen-bond donors (Lipinski definition) is 0. The van der Waals surface area contributed by atoms with Gasteiger partial charge < -0.3 is 4.74 Å². The lowest BCUT2D eigenvalue weighted by atomic mass is 10.0. The van der Waals surface area contributed by atoms with E-state index >= 15 is 0 Å². The maximum Gasteiger partial charge on any atom is 0.194 e. The van der Waals surface area contributed by atoms with E-state index in [1.165, 1.54) is 0 Å². The zero-order valence-corrected chi connectivity index (χ0v) is 10.3. The van der Waals surface area contributed by atoms with Gasteiger partial charge in [-0.1, -0.05) is 54.1 Å². The summed E-state index contributed by atoms with van der Waals surface area (Å²) in [7, 11) is 0. The van der Waals surface area contributed by atoms with Gasteiger partial charge in [-0.05, 0) is 17.7 Å². The molecule has 0 saturated carbocycles. The van der Waals surface area contributed by atoms with Gasteiger partial charge in [0.2, 0.25) is 0 Å². The fourth-order valence-corrected chi connectivity index (χ4v) is 2.21. The van der Waals surface area contributed by atoms with Crippen molar-refractivity contribution in [3.8, 4) is 0 Å². The van der Waals surface area contributed by atoms with Gasteiger partial charge in [-0.25, -0.2) is 0 Å². The second-order valence-electron chi connectivity index (χ2n) is 4.26. The molecule has 0 spiro atoms. The molecule has 3 heteroatoms. The minimum absolute atomic E-state index is 0.0283. The molecular formula is C15H11ClO2. The first-order chi connectivity index (χ1) is 8.75. The fourth-order valence-electron chi connectivity index (χ4n) is 2.02. The number of halogens is 1. The molecule has 1 aliphatic heterocycles. The van der Waals surface area contributed by atoms with Gasteiger partial charge in [-0.3, -0.25) is 4.79 Å². The number of benzene rings is 2. The van der Waals surface area contributed by atoms with Crippen molar-refractivity contribution in [2.24, 2.45) is 0 Å². The van der Waals surface area contributed by atoms with Crippen LogP contribution in [0.5, 0.6) is 0 Å². The van der Waals surface area contributed by atoms with Crippen LogP contribution in [-0.2, 0) is 4.74 Å². The zero-order chi connectivity index (χ0) is 12.5. The van der Waals surface area contributed by atoms with Crippen LogP contribution in [0.3, 0.4) is 0 Å². The fraction of sp³-hybridized carbons (Fsp3) is 0.133. The number of Topliss-reactive ketones (excluding diaryl/α,β-unsaturated/α-hetero) is 1. The second kappa shape index (κ2) is 4.56. The molecule has 0 amide bonds. The van der Waals surface area contributed by atoms with Crippen molar-refractivity contribution in [1.82, 2.24) is 0 Å². The Bertz CT molecular complexity index is 580. The Kier molecular flexibility index (Phi) is 2.90. The zero-order valence-electron chi connectivity index (χ0n) is 9.55. The minimum atomic E-state index is -0.370. The molecule has 90 valence electrons. The smallest absolute Gasteiger partial charge is 0.194 e. The van der Waals surface area contributed by atoms with Crippen LogP contribution in [0.2, 0.25) is 5.02 Å². The van der Waals surface area contributed by atoms with Crippen LogP contribution in [0.25, 0.3) is 0 Å². The van der Waals surface area contributed by atoms with Crippen LogP contribution in [0.4, 0.5) is 0 Å². The molecule has 0 N–H and O–H groups in total. The Balaban J connectivity index is 1.77. The molecule has 2 aromatic carbocycles. The number of ether oxygens (including phenoxy) is 1. The molecule has 0 aromatic heterocycles. The van der Waals surface area contributed by atoms with E-state index in [0.717, 1.165) is 5.56 Å². The molecule has 0 aliphatic carbocycles. The Morgan fingerprint density at radius 1 is 1.06 bits per heavy atom. The summed E-state index contributed by atoms with van der Waals surface area (Å²) in [5, 5.41) is 0.661. The van der Waals surface area contributed by atoms with Crippen LogP contribution in [0.1, 0.15) is 22.0 Å². The number of hydrogen-bond acceptors (Lipinski definition) is 2. The molecule has 2 unspecified atom stereocenters. The number of rotatable bonds is 3. The molecule has 3 rings (SSSR count). The average molecular weight is 259 g/mol. The summed E-state index contributed by atoms with van der Waals surface area (Å²) in [4.78, 5) is 12.1. The van der Waals surface area contributed by atoms with Crippen LogP contribution >= 0.6 is 11.6 Å². The predicted octanol–water partition coefficient (Wildman–Crippen LogP) is 3.66. The Morgan fingerprint density at radius 3 is 2.56 bits per heavy atom. The summed E-state index contributed by atoms with van der Waals surface area (Å²) < 4.78 is 5.47. The summed E-state index contributed by atoms with van der Waals surface area (Å²) >= 11 is 5.92. The Hall–Kier alpha value is -1.64.